The van der Waals surface area contributed by atoms with Crippen LogP contribution in [0.3, 0.4) is 0 Å². The minimum atomic E-state index is 0.158. The molecular weight excluding hydrogens is 335 g/mol. The quantitative estimate of drug-likeness (QED) is 0.552. The topological polar surface area (TPSA) is 17.8 Å². The highest BCUT2D eigenvalue weighted by Gasteiger charge is 2.18. The Balaban J connectivity index is 2.25. The van der Waals surface area contributed by atoms with Crippen molar-refractivity contribution in [1.29, 1.82) is 0 Å². The number of nitrogens with zero attached hydrogens (tertiary/aromatic N) is 2. The molecule has 2 nitrogen and oxygen atoms in total. The Kier molecular flexibility index (Phi) is 3.95. The van der Waals surface area contributed by atoms with Gasteiger partial charge in [0, 0.05) is 4.88 Å². The normalized spacial score (nSPS) is 13.0. The van der Waals surface area contributed by atoms with E-state index in [2.05, 4.69) is 27.9 Å². The number of hydrogen-bond acceptors (Lipinski definition) is 2. The Labute approximate surface area is 135 Å². The van der Waals surface area contributed by atoms with Crippen LogP contribution in [0.4, 0.5) is 0 Å². The van der Waals surface area contributed by atoms with Crippen molar-refractivity contribution in [2.24, 2.45) is 0 Å². The minimum Gasteiger partial charge on any atom is -0.319 e. The van der Waals surface area contributed by atoms with Gasteiger partial charge in [-0.2, -0.15) is 0 Å². The van der Waals surface area contributed by atoms with Crippen LogP contribution in [0.5, 0.6) is 0 Å². The van der Waals surface area contributed by atoms with Crippen LogP contribution in [-0.2, 0) is 5.88 Å². The molecule has 0 aliphatic carbocycles. The number of thiophene rings is 1. The van der Waals surface area contributed by atoms with Gasteiger partial charge in [0.2, 0.25) is 0 Å². The first-order chi connectivity index (χ1) is 9.61. The van der Waals surface area contributed by atoms with Crippen molar-refractivity contribution in [1.82, 2.24) is 9.55 Å². The van der Waals surface area contributed by atoms with Crippen molar-refractivity contribution < 1.29 is 0 Å². The third kappa shape index (κ3) is 2.33. The van der Waals surface area contributed by atoms with Crippen LogP contribution in [0.25, 0.3) is 11.0 Å². The Hall–Kier alpha value is -0.740. The average molecular weight is 346 g/mol. The van der Waals surface area contributed by atoms with E-state index in [1.807, 2.05) is 12.1 Å². The summed E-state index contributed by atoms with van der Waals surface area (Å²) < 4.78 is 2.12. The average Bonchev–Trinajstić information content (AvgIpc) is 3.06. The molecule has 0 bridgehead atoms. The van der Waals surface area contributed by atoms with Crippen molar-refractivity contribution in [3.05, 3.63) is 50.4 Å². The molecule has 2 aromatic heterocycles. The molecule has 0 amide bonds. The van der Waals surface area contributed by atoms with Gasteiger partial charge < -0.3 is 4.57 Å². The van der Waals surface area contributed by atoms with E-state index in [4.69, 9.17) is 34.8 Å². The van der Waals surface area contributed by atoms with Crippen molar-refractivity contribution >= 4 is 57.2 Å². The number of benzene rings is 1. The number of hydrogen-bond donors (Lipinski definition) is 0. The predicted molar refractivity (Wildman–Crippen MR) is 87.4 cm³/mol. The summed E-state index contributed by atoms with van der Waals surface area (Å²) >= 11 is 20.0. The molecule has 2 heterocycles. The smallest absolute Gasteiger partial charge is 0.125 e. The summed E-state index contributed by atoms with van der Waals surface area (Å²) in [6.07, 6.45) is 0. The zero-order valence-electron chi connectivity index (χ0n) is 10.6. The zero-order valence-corrected chi connectivity index (χ0v) is 13.7. The standard InChI is InChI=1S/C14H11Cl3N2S/c1-8(13-3-2-4-20-13)19-12-6-10(17)9(16)5-11(12)18-14(19)7-15/h2-6,8H,7H2,1H3. The van der Waals surface area contributed by atoms with Crippen molar-refractivity contribution in [3.8, 4) is 0 Å². The van der Waals surface area contributed by atoms with Gasteiger partial charge in [-0.05, 0) is 30.5 Å². The second-order valence-electron chi connectivity index (χ2n) is 4.48. The van der Waals surface area contributed by atoms with Gasteiger partial charge in [0.15, 0.2) is 0 Å². The third-order valence-electron chi connectivity index (χ3n) is 3.27. The Bertz CT molecular complexity index is 749. The molecule has 0 spiro atoms. The molecule has 3 rings (SSSR count). The number of imidazole rings is 1. The fraction of sp³-hybridized carbons (Fsp3) is 0.214. The van der Waals surface area contributed by atoms with Crippen LogP contribution in [0.1, 0.15) is 23.7 Å². The summed E-state index contributed by atoms with van der Waals surface area (Å²) in [7, 11) is 0. The second kappa shape index (κ2) is 5.57. The van der Waals surface area contributed by atoms with E-state index < -0.39 is 0 Å². The monoisotopic (exact) mass is 344 g/mol. The Morgan fingerprint density at radius 2 is 2.05 bits per heavy atom. The molecule has 0 aliphatic rings. The van der Waals surface area contributed by atoms with E-state index in [0.29, 0.717) is 15.9 Å². The van der Waals surface area contributed by atoms with Gasteiger partial charge in [0.25, 0.3) is 0 Å². The highest BCUT2D eigenvalue weighted by atomic mass is 35.5. The van der Waals surface area contributed by atoms with Gasteiger partial charge in [-0.15, -0.1) is 22.9 Å². The van der Waals surface area contributed by atoms with E-state index in [1.54, 1.807) is 17.4 Å². The molecule has 104 valence electrons. The van der Waals surface area contributed by atoms with Crippen molar-refractivity contribution in [3.63, 3.8) is 0 Å². The van der Waals surface area contributed by atoms with Gasteiger partial charge >= 0.3 is 0 Å². The Morgan fingerprint density at radius 1 is 1.30 bits per heavy atom. The molecule has 0 saturated heterocycles. The number of fused-ring (bicyclic) bond motifs is 1. The molecular formula is C14H11Cl3N2S. The lowest BCUT2D eigenvalue weighted by molar-refractivity contribution is 0.644. The number of halogens is 3. The van der Waals surface area contributed by atoms with Crippen LogP contribution in [0, 0.1) is 0 Å². The molecule has 0 aliphatic heterocycles. The van der Waals surface area contributed by atoms with Crippen LogP contribution in [0.15, 0.2) is 29.6 Å². The SMILES string of the molecule is CC(c1cccs1)n1c(CCl)nc2cc(Cl)c(Cl)cc21. The molecule has 0 fully saturated rings. The molecule has 0 N–H and O–H groups in total. The van der Waals surface area contributed by atoms with Crippen LogP contribution in [0.2, 0.25) is 10.0 Å². The van der Waals surface area contributed by atoms with Crippen LogP contribution < -0.4 is 0 Å². The van der Waals surface area contributed by atoms with Crippen molar-refractivity contribution in [2.75, 3.05) is 0 Å². The second-order valence-corrected chi connectivity index (χ2v) is 6.54. The predicted octanol–water partition coefficient (Wildman–Crippen LogP) is 5.75. The van der Waals surface area contributed by atoms with Gasteiger partial charge in [0.1, 0.15) is 5.82 Å². The van der Waals surface area contributed by atoms with E-state index in [-0.39, 0.29) is 6.04 Å². The molecule has 1 atom stereocenters. The minimum absolute atomic E-state index is 0.158. The van der Waals surface area contributed by atoms with Crippen molar-refractivity contribution in [2.45, 2.75) is 18.8 Å². The van der Waals surface area contributed by atoms with Gasteiger partial charge in [-0.25, -0.2) is 4.98 Å². The van der Waals surface area contributed by atoms with E-state index >= 15 is 0 Å². The fourth-order valence-corrected chi connectivity index (χ4v) is 3.60. The summed E-state index contributed by atoms with van der Waals surface area (Å²) in [6.45, 7) is 2.13. The molecule has 20 heavy (non-hydrogen) atoms. The highest BCUT2D eigenvalue weighted by molar-refractivity contribution is 7.10. The lowest BCUT2D eigenvalue weighted by atomic mass is 10.2. The number of aromatic nitrogens is 2. The van der Waals surface area contributed by atoms with Crippen LogP contribution >= 0.6 is 46.1 Å². The summed E-state index contributed by atoms with van der Waals surface area (Å²) in [5.41, 5.74) is 1.77. The summed E-state index contributed by atoms with van der Waals surface area (Å²) in [5, 5.41) is 3.10. The molecule has 0 radical (unpaired) electrons. The zero-order chi connectivity index (χ0) is 14.3. The number of alkyl halides is 1. The summed E-state index contributed by atoms with van der Waals surface area (Å²) in [6, 6.07) is 7.95. The van der Waals surface area contributed by atoms with Gasteiger partial charge in [-0.3, -0.25) is 0 Å². The van der Waals surface area contributed by atoms with E-state index in [0.717, 1.165) is 16.9 Å². The maximum absolute atomic E-state index is 6.14. The lowest BCUT2D eigenvalue weighted by Crippen LogP contribution is -2.08. The fourth-order valence-electron chi connectivity index (χ4n) is 2.32. The third-order valence-corrected chi connectivity index (χ3v) is 5.27. The van der Waals surface area contributed by atoms with E-state index in [9.17, 15) is 0 Å². The first kappa shape index (κ1) is 14.2. The molecule has 0 saturated carbocycles. The van der Waals surface area contributed by atoms with Gasteiger partial charge in [-0.1, -0.05) is 29.3 Å². The summed E-state index contributed by atoms with van der Waals surface area (Å²) in [5.74, 6) is 1.17. The maximum atomic E-state index is 6.14. The van der Waals surface area contributed by atoms with Crippen LogP contribution in [-0.4, -0.2) is 9.55 Å². The van der Waals surface area contributed by atoms with E-state index in [1.165, 1.54) is 4.88 Å². The molecule has 6 heteroatoms. The molecule has 1 unspecified atom stereocenters. The largest absolute Gasteiger partial charge is 0.319 e. The number of rotatable bonds is 3. The molecule has 1 aromatic carbocycles. The van der Waals surface area contributed by atoms with Gasteiger partial charge in [0.05, 0.1) is 33.0 Å². The highest BCUT2D eigenvalue weighted by Crippen LogP contribution is 2.33. The Morgan fingerprint density at radius 3 is 2.70 bits per heavy atom. The maximum Gasteiger partial charge on any atom is 0.125 e. The lowest BCUT2D eigenvalue weighted by Gasteiger charge is -2.15. The molecule has 3 aromatic rings. The first-order valence-electron chi connectivity index (χ1n) is 6.07. The first-order valence-corrected chi connectivity index (χ1v) is 8.24. The summed E-state index contributed by atoms with van der Waals surface area (Å²) in [4.78, 5) is 5.81.